The van der Waals surface area contributed by atoms with E-state index < -0.39 is 5.60 Å². The molecule has 0 fully saturated rings. The average Bonchev–Trinajstić information content (AvgIpc) is 3.02. The molecule has 0 atom stereocenters. The summed E-state index contributed by atoms with van der Waals surface area (Å²) in [6, 6.07) is 19.9. The Morgan fingerprint density at radius 3 is 2.16 bits per heavy atom. The highest BCUT2D eigenvalue weighted by atomic mass is 16.5. The van der Waals surface area contributed by atoms with E-state index in [2.05, 4.69) is 0 Å². The fourth-order valence-electron chi connectivity index (χ4n) is 3.17. The highest BCUT2D eigenvalue weighted by Crippen LogP contribution is 2.46. The van der Waals surface area contributed by atoms with Gasteiger partial charge in [0.1, 0.15) is 5.76 Å². The fraction of sp³-hybridized carbons (Fsp3) is 0.286. The molecule has 0 aliphatic carbocycles. The Morgan fingerprint density at radius 2 is 1.64 bits per heavy atom. The number of carbonyl (C=O) groups is 1. The molecule has 4 heteroatoms. The molecule has 1 aliphatic heterocycles. The Balaban J connectivity index is 1.93. The average molecular weight is 338 g/mol. The van der Waals surface area contributed by atoms with Crippen molar-refractivity contribution in [3.8, 4) is 0 Å². The predicted octanol–water partition coefficient (Wildman–Crippen LogP) is 3.55. The van der Waals surface area contributed by atoms with Crippen molar-refractivity contribution >= 4 is 5.97 Å². The molecule has 0 spiro atoms. The normalized spacial score (nSPS) is 15.8. The zero-order valence-corrected chi connectivity index (χ0v) is 14.3. The van der Waals surface area contributed by atoms with Crippen LogP contribution >= 0.6 is 0 Å². The molecule has 0 unspecified atom stereocenters. The number of ether oxygens (including phenoxy) is 2. The second-order valence-corrected chi connectivity index (χ2v) is 6.09. The summed E-state index contributed by atoms with van der Waals surface area (Å²) in [4.78, 5) is 12.4. The Kier molecular flexibility index (Phi) is 5.19. The molecule has 2 aromatic rings. The van der Waals surface area contributed by atoms with Crippen LogP contribution in [0.5, 0.6) is 0 Å². The summed E-state index contributed by atoms with van der Waals surface area (Å²) in [7, 11) is 0. The largest absolute Gasteiger partial charge is 0.482 e. The van der Waals surface area contributed by atoms with E-state index in [9.17, 15) is 4.79 Å². The summed E-state index contributed by atoms with van der Waals surface area (Å²) < 4.78 is 11.6. The number of rotatable bonds is 6. The first-order valence-corrected chi connectivity index (χ1v) is 8.45. The van der Waals surface area contributed by atoms with Gasteiger partial charge in [-0.3, -0.25) is 0 Å². The standard InChI is InChI=1S/C21H22O4/c1-16-19(20(23)24-14-8-13-22)15-21(25-16,17-9-4-2-5-10-17)18-11-6-3-7-12-18/h2-7,9-12,22H,8,13-15H2,1H3. The van der Waals surface area contributed by atoms with E-state index in [4.69, 9.17) is 14.6 Å². The fourth-order valence-corrected chi connectivity index (χ4v) is 3.17. The third-order valence-corrected chi connectivity index (χ3v) is 4.44. The van der Waals surface area contributed by atoms with Crippen molar-refractivity contribution in [2.45, 2.75) is 25.4 Å². The molecule has 0 radical (unpaired) electrons. The number of aliphatic hydroxyl groups excluding tert-OH is 1. The van der Waals surface area contributed by atoms with Crippen LogP contribution in [-0.2, 0) is 19.9 Å². The van der Waals surface area contributed by atoms with Gasteiger partial charge in [-0.2, -0.15) is 0 Å². The highest BCUT2D eigenvalue weighted by molar-refractivity contribution is 5.90. The summed E-state index contributed by atoms with van der Waals surface area (Å²) in [6.45, 7) is 2.01. The third kappa shape index (κ3) is 3.44. The first-order chi connectivity index (χ1) is 12.2. The van der Waals surface area contributed by atoms with E-state index >= 15 is 0 Å². The number of allylic oxidation sites excluding steroid dienone is 1. The van der Waals surface area contributed by atoms with E-state index in [1.54, 1.807) is 6.92 Å². The molecule has 25 heavy (non-hydrogen) atoms. The molecular weight excluding hydrogens is 316 g/mol. The van der Waals surface area contributed by atoms with E-state index in [0.717, 1.165) is 11.1 Å². The van der Waals surface area contributed by atoms with Gasteiger partial charge in [-0.25, -0.2) is 4.79 Å². The maximum absolute atomic E-state index is 12.4. The zero-order valence-electron chi connectivity index (χ0n) is 14.3. The quantitative estimate of drug-likeness (QED) is 0.646. The maximum Gasteiger partial charge on any atom is 0.337 e. The number of carbonyl (C=O) groups excluding carboxylic acids is 1. The highest BCUT2D eigenvalue weighted by Gasteiger charge is 2.45. The minimum atomic E-state index is -0.724. The Labute approximate surface area is 147 Å². The molecule has 1 heterocycles. The minimum Gasteiger partial charge on any atom is -0.482 e. The van der Waals surface area contributed by atoms with E-state index in [1.807, 2.05) is 60.7 Å². The zero-order chi connectivity index (χ0) is 17.7. The van der Waals surface area contributed by atoms with Gasteiger partial charge in [-0.15, -0.1) is 0 Å². The minimum absolute atomic E-state index is 0.000220. The van der Waals surface area contributed by atoms with Gasteiger partial charge in [0, 0.05) is 30.6 Å². The first-order valence-electron chi connectivity index (χ1n) is 8.45. The molecule has 4 nitrogen and oxygen atoms in total. The molecule has 0 saturated heterocycles. The van der Waals surface area contributed by atoms with Crippen LogP contribution in [0.15, 0.2) is 72.0 Å². The molecule has 3 rings (SSSR count). The topological polar surface area (TPSA) is 55.8 Å². The SMILES string of the molecule is CC1=C(C(=O)OCCCO)CC(c2ccccc2)(c2ccccc2)O1. The number of hydrogen-bond donors (Lipinski definition) is 1. The summed E-state index contributed by atoms with van der Waals surface area (Å²) in [5.74, 6) is 0.210. The van der Waals surface area contributed by atoms with Crippen LogP contribution < -0.4 is 0 Å². The van der Waals surface area contributed by atoms with Gasteiger partial charge in [0.15, 0.2) is 5.60 Å². The van der Waals surface area contributed by atoms with Crippen molar-refractivity contribution in [2.75, 3.05) is 13.2 Å². The molecule has 1 N–H and O–H groups in total. The lowest BCUT2D eigenvalue weighted by Crippen LogP contribution is -2.28. The van der Waals surface area contributed by atoms with Crippen molar-refractivity contribution in [3.05, 3.63) is 83.1 Å². The molecule has 130 valence electrons. The molecule has 0 aromatic heterocycles. The number of hydrogen-bond acceptors (Lipinski definition) is 4. The Bertz CT molecular complexity index is 710. The predicted molar refractivity (Wildman–Crippen MR) is 94.7 cm³/mol. The molecule has 0 amide bonds. The number of benzene rings is 2. The van der Waals surface area contributed by atoms with Crippen LogP contribution in [0.25, 0.3) is 0 Å². The van der Waals surface area contributed by atoms with Gasteiger partial charge < -0.3 is 14.6 Å². The van der Waals surface area contributed by atoms with Gasteiger partial charge in [-0.1, -0.05) is 60.7 Å². The number of aliphatic hydroxyl groups is 1. The molecule has 0 bridgehead atoms. The van der Waals surface area contributed by atoms with Crippen LogP contribution in [0.3, 0.4) is 0 Å². The van der Waals surface area contributed by atoms with E-state index in [1.165, 1.54) is 0 Å². The van der Waals surface area contributed by atoms with Crippen LogP contribution in [0.4, 0.5) is 0 Å². The molecule has 1 aliphatic rings. The van der Waals surface area contributed by atoms with E-state index in [-0.39, 0.29) is 19.2 Å². The van der Waals surface area contributed by atoms with Crippen molar-refractivity contribution in [2.24, 2.45) is 0 Å². The first kappa shape index (κ1) is 17.2. The summed E-state index contributed by atoms with van der Waals surface area (Å²) in [5.41, 5.74) is 1.82. The van der Waals surface area contributed by atoms with Crippen molar-refractivity contribution in [1.82, 2.24) is 0 Å². The maximum atomic E-state index is 12.4. The lowest BCUT2D eigenvalue weighted by atomic mass is 9.82. The van der Waals surface area contributed by atoms with E-state index in [0.29, 0.717) is 24.2 Å². The second kappa shape index (κ2) is 7.53. The van der Waals surface area contributed by atoms with Crippen molar-refractivity contribution < 1.29 is 19.4 Å². The Hall–Kier alpha value is -2.59. The van der Waals surface area contributed by atoms with Crippen LogP contribution in [0.2, 0.25) is 0 Å². The molecular formula is C21H22O4. The van der Waals surface area contributed by atoms with Gasteiger partial charge in [0.2, 0.25) is 0 Å². The second-order valence-electron chi connectivity index (χ2n) is 6.09. The van der Waals surface area contributed by atoms with Gasteiger partial charge in [0.05, 0.1) is 12.2 Å². The number of esters is 1. The smallest absolute Gasteiger partial charge is 0.337 e. The van der Waals surface area contributed by atoms with Crippen LogP contribution in [-0.4, -0.2) is 24.3 Å². The summed E-state index contributed by atoms with van der Waals surface area (Å²) in [6.07, 6.45) is 0.853. The molecule has 0 saturated carbocycles. The monoisotopic (exact) mass is 338 g/mol. The summed E-state index contributed by atoms with van der Waals surface area (Å²) >= 11 is 0. The van der Waals surface area contributed by atoms with Crippen LogP contribution in [0.1, 0.15) is 30.9 Å². The van der Waals surface area contributed by atoms with Crippen LogP contribution in [0, 0.1) is 0 Å². The Morgan fingerprint density at radius 1 is 1.08 bits per heavy atom. The van der Waals surface area contributed by atoms with Crippen molar-refractivity contribution in [1.29, 1.82) is 0 Å². The van der Waals surface area contributed by atoms with Crippen molar-refractivity contribution in [3.63, 3.8) is 0 Å². The van der Waals surface area contributed by atoms with Gasteiger partial charge >= 0.3 is 5.97 Å². The molecule has 2 aromatic carbocycles. The lowest BCUT2D eigenvalue weighted by Gasteiger charge is -2.31. The summed E-state index contributed by atoms with van der Waals surface area (Å²) in [5, 5.41) is 8.85. The third-order valence-electron chi connectivity index (χ3n) is 4.44. The van der Waals surface area contributed by atoms with Gasteiger partial charge in [-0.05, 0) is 6.92 Å². The van der Waals surface area contributed by atoms with Gasteiger partial charge in [0.25, 0.3) is 0 Å². The lowest BCUT2D eigenvalue weighted by molar-refractivity contribution is -0.139.